The molecular weight excluding hydrogens is 376 g/mol. The van der Waals surface area contributed by atoms with Crippen molar-refractivity contribution >= 4 is 44.9 Å². The van der Waals surface area contributed by atoms with Crippen LogP contribution in [0.3, 0.4) is 0 Å². The minimum absolute atomic E-state index is 0.203. The first-order chi connectivity index (χ1) is 12.6. The van der Waals surface area contributed by atoms with E-state index in [0.717, 1.165) is 48.8 Å². The summed E-state index contributed by atoms with van der Waals surface area (Å²) in [5.41, 5.74) is 0. The molecule has 9 heteroatoms. The van der Waals surface area contributed by atoms with E-state index in [1.165, 1.54) is 4.88 Å². The van der Waals surface area contributed by atoms with Gasteiger partial charge < -0.3 is 14.7 Å². The quantitative estimate of drug-likeness (QED) is 0.795. The molecule has 0 aromatic carbocycles. The second-order valence-electron chi connectivity index (χ2n) is 6.74. The van der Waals surface area contributed by atoms with Crippen LogP contribution < -0.4 is 4.90 Å². The molecule has 26 heavy (non-hydrogen) atoms. The fourth-order valence-electron chi connectivity index (χ4n) is 3.58. The van der Waals surface area contributed by atoms with Crippen LogP contribution >= 0.6 is 22.9 Å². The SMILES string of the molecule is O=C(O)C1CCN(Cc2cc3c(N4CCOCC4)nc(Cl)nc3s2)CC1. The van der Waals surface area contributed by atoms with Crippen LogP contribution in [0.1, 0.15) is 17.7 Å². The number of nitrogens with zero attached hydrogens (tertiary/aromatic N) is 4. The van der Waals surface area contributed by atoms with Crippen molar-refractivity contribution in [3.05, 3.63) is 16.2 Å². The molecule has 2 aromatic rings. The third-order valence-corrected chi connectivity index (χ3v) is 6.21. The molecule has 2 aromatic heterocycles. The summed E-state index contributed by atoms with van der Waals surface area (Å²) < 4.78 is 5.43. The number of carboxylic acids is 1. The number of hydrogen-bond acceptors (Lipinski definition) is 7. The highest BCUT2D eigenvalue weighted by Crippen LogP contribution is 2.33. The van der Waals surface area contributed by atoms with Gasteiger partial charge in [-0.15, -0.1) is 11.3 Å². The molecule has 4 rings (SSSR count). The Kier molecular flexibility index (Phi) is 5.26. The second-order valence-corrected chi connectivity index (χ2v) is 8.19. The van der Waals surface area contributed by atoms with Crippen LogP contribution in [0, 0.1) is 5.92 Å². The monoisotopic (exact) mass is 396 g/mol. The molecule has 2 aliphatic heterocycles. The van der Waals surface area contributed by atoms with E-state index in [0.29, 0.717) is 26.1 Å². The van der Waals surface area contributed by atoms with Gasteiger partial charge in [0, 0.05) is 24.5 Å². The molecule has 140 valence electrons. The van der Waals surface area contributed by atoms with Crippen LogP contribution in [0.5, 0.6) is 0 Å². The van der Waals surface area contributed by atoms with E-state index in [-0.39, 0.29) is 11.2 Å². The molecule has 7 nitrogen and oxygen atoms in total. The summed E-state index contributed by atoms with van der Waals surface area (Å²) >= 11 is 7.79. The molecule has 0 atom stereocenters. The van der Waals surface area contributed by atoms with E-state index in [1.807, 2.05) is 0 Å². The standard InChI is InChI=1S/C17H21ClN4O3S/c18-17-19-14(22-5-7-25-8-6-22)13-9-12(26-15(13)20-17)10-21-3-1-11(2-4-21)16(23)24/h9,11H,1-8,10H2,(H,23,24). The fourth-order valence-corrected chi connectivity index (χ4v) is 4.86. The number of piperidine rings is 1. The molecule has 0 saturated carbocycles. The Bertz CT molecular complexity index is 801. The Hall–Kier alpha value is -1.48. The molecule has 1 N–H and O–H groups in total. The topological polar surface area (TPSA) is 78.8 Å². The van der Waals surface area contributed by atoms with Crippen LogP contribution in [0.25, 0.3) is 10.2 Å². The lowest BCUT2D eigenvalue weighted by atomic mass is 9.97. The number of likely N-dealkylation sites (tertiary alicyclic amines) is 1. The molecule has 0 amide bonds. The van der Waals surface area contributed by atoms with Gasteiger partial charge in [-0.3, -0.25) is 9.69 Å². The first-order valence-electron chi connectivity index (χ1n) is 8.84. The molecule has 4 heterocycles. The normalized spacial score (nSPS) is 20.0. The molecule has 2 aliphatic rings. The zero-order valence-corrected chi connectivity index (χ0v) is 15.9. The highest BCUT2D eigenvalue weighted by molar-refractivity contribution is 7.18. The predicted octanol–water partition coefficient (Wildman–Crippen LogP) is 2.48. The van der Waals surface area contributed by atoms with Gasteiger partial charge in [0.25, 0.3) is 0 Å². The van der Waals surface area contributed by atoms with Crippen molar-refractivity contribution in [2.24, 2.45) is 5.92 Å². The highest BCUT2D eigenvalue weighted by Gasteiger charge is 2.25. The lowest BCUT2D eigenvalue weighted by Crippen LogP contribution is -2.36. The lowest BCUT2D eigenvalue weighted by Gasteiger charge is -2.29. The Morgan fingerprint density at radius 1 is 1.27 bits per heavy atom. The summed E-state index contributed by atoms with van der Waals surface area (Å²) in [6, 6.07) is 2.16. The van der Waals surface area contributed by atoms with Crippen molar-refractivity contribution in [1.29, 1.82) is 0 Å². The van der Waals surface area contributed by atoms with Crippen molar-refractivity contribution in [3.8, 4) is 0 Å². The van der Waals surface area contributed by atoms with Gasteiger partial charge in [-0.2, -0.15) is 4.98 Å². The first-order valence-corrected chi connectivity index (χ1v) is 10.0. The summed E-state index contributed by atoms with van der Waals surface area (Å²) in [4.78, 5) is 26.6. The van der Waals surface area contributed by atoms with Gasteiger partial charge in [0.2, 0.25) is 5.28 Å². The molecule has 2 fully saturated rings. The van der Waals surface area contributed by atoms with Crippen LogP contribution in [-0.2, 0) is 16.1 Å². The van der Waals surface area contributed by atoms with Crippen molar-refractivity contribution in [1.82, 2.24) is 14.9 Å². The molecular formula is C17H21ClN4O3S. The Morgan fingerprint density at radius 3 is 2.69 bits per heavy atom. The van der Waals surface area contributed by atoms with Crippen LogP contribution in [0.4, 0.5) is 5.82 Å². The lowest BCUT2D eigenvalue weighted by molar-refractivity contribution is -0.143. The number of morpholine rings is 1. The van der Waals surface area contributed by atoms with Crippen LogP contribution in [0.15, 0.2) is 6.07 Å². The molecule has 0 unspecified atom stereocenters. The van der Waals surface area contributed by atoms with Crippen molar-refractivity contribution in [2.45, 2.75) is 19.4 Å². The third-order valence-electron chi connectivity index (χ3n) is 5.02. The van der Waals surface area contributed by atoms with E-state index in [9.17, 15) is 4.79 Å². The summed E-state index contributed by atoms with van der Waals surface area (Å²) in [6.07, 6.45) is 1.43. The van der Waals surface area contributed by atoms with E-state index in [2.05, 4.69) is 25.8 Å². The van der Waals surface area contributed by atoms with E-state index in [1.54, 1.807) is 11.3 Å². The summed E-state index contributed by atoms with van der Waals surface area (Å²) in [5.74, 6) is 0.00761. The molecule has 0 aliphatic carbocycles. The number of anilines is 1. The highest BCUT2D eigenvalue weighted by atomic mass is 35.5. The summed E-state index contributed by atoms with van der Waals surface area (Å²) in [7, 11) is 0. The largest absolute Gasteiger partial charge is 0.481 e. The number of aromatic nitrogens is 2. The van der Waals surface area contributed by atoms with Crippen molar-refractivity contribution in [3.63, 3.8) is 0 Å². The number of ether oxygens (including phenoxy) is 1. The summed E-state index contributed by atoms with van der Waals surface area (Å²) in [6.45, 7) is 5.43. The van der Waals surface area contributed by atoms with E-state index < -0.39 is 5.97 Å². The molecule has 0 radical (unpaired) electrons. The second kappa shape index (κ2) is 7.64. The predicted molar refractivity (Wildman–Crippen MR) is 101 cm³/mol. The zero-order chi connectivity index (χ0) is 18.1. The number of fused-ring (bicyclic) bond motifs is 1. The molecule has 0 bridgehead atoms. The van der Waals surface area contributed by atoms with Gasteiger partial charge in [0.1, 0.15) is 10.6 Å². The maximum Gasteiger partial charge on any atom is 0.306 e. The number of hydrogen-bond donors (Lipinski definition) is 1. The van der Waals surface area contributed by atoms with E-state index in [4.69, 9.17) is 21.4 Å². The average molecular weight is 397 g/mol. The zero-order valence-electron chi connectivity index (χ0n) is 14.4. The average Bonchev–Trinajstić information content (AvgIpc) is 3.04. The van der Waals surface area contributed by atoms with Crippen molar-refractivity contribution < 1.29 is 14.6 Å². The Balaban J connectivity index is 1.53. The fraction of sp³-hybridized carbons (Fsp3) is 0.588. The third kappa shape index (κ3) is 3.78. The van der Waals surface area contributed by atoms with Gasteiger partial charge in [-0.25, -0.2) is 4.98 Å². The van der Waals surface area contributed by atoms with Crippen LogP contribution in [-0.4, -0.2) is 65.3 Å². The number of aliphatic carboxylic acids is 1. The minimum Gasteiger partial charge on any atom is -0.481 e. The van der Waals surface area contributed by atoms with E-state index >= 15 is 0 Å². The van der Waals surface area contributed by atoms with Crippen LogP contribution in [0.2, 0.25) is 5.28 Å². The van der Waals surface area contributed by atoms with Gasteiger partial charge in [0.05, 0.1) is 24.5 Å². The summed E-state index contributed by atoms with van der Waals surface area (Å²) in [5, 5.41) is 10.4. The molecule has 0 spiro atoms. The Morgan fingerprint density at radius 2 is 2.00 bits per heavy atom. The van der Waals surface area contributed by atoms with Crippen molar-refractivity contribution in [2.75, 3.05) is 44.3 Å². The maximum atomic E-state index is 11.1. The smallest absolute Gasteiger partial charge is 0.306 e. The van der Waals surface area contributed by atoms with Gasteiger partial charge in [-0.1, -0.05) is 0 Å². The number of carbonyl (C=O) groups is 1. The first kappa shape index (κ1) is 17.9. The minimum atomic E-state index is -0.674. The number of rotatable bonds is 4. The number of carboxylic acid groups (broad SMARTS) is 1. The Labute approximate surface area is 160 Å². The van der Waals surface area contributed by atoms with Gasteiger partial charge >= 0.3 is 5.97 Å². The number of thiophene rings is 1. The van der Waals surface area contributed by atoms with Gasteiger partial charge in [-0.05, 0) is 43.6 Å². The van der Waals surface area contributed by atoms with Gasteiger partial charge in [0.15, 0.2) is 0 Å². The molecule has 2 saturated heterocycles. The maximum absolute atomic E-state index is 11.1. The number of halogens is 1.